The first-order chi connectivity index (χ1) is 13.3. The van der Waals surface area contributed by atoms with E-state index >= 15 is 0 Å². The van der Waals surface area contributed by atoms with Crippen molar-refractivity contribution in [3.05, 3.63) is 42.5 Å². The third-order valence-corrected chi connectivity index (χ3v) is 4.74. The van der Waals surface area contributed by atoms with E-state index in [4.69, 9.17) is 19.4 Å². The second kappa shape index (κ2) is 7.67. The minimum Gasteiger partial charge on any atom is -0.497 e. The highest BCUT2D eigenvalue weighted by molar-refractivity contribution is 5.92. The number of methoxy groups -OCH3 is 2. The van der Waals surface area contributed by atoms with Gasteiger partial charge in [-0.15, -0.1) is 0 Å². The normalized spacial score (nSPS) is 14.2. The quantitative estimate of drug-likeness (QED) is 0.717. The molecule has 1 saturated heterocycles. The zero-order chi connectivity index (χ0) is 18.6. The van der Waals surface area contributed by atoms with Gasteiger partial charge in [0.05, 0.1) is 51.6 Å². The van der Waals surface area contributed by atoms with Crippen LogP contribution in [0.25, 0.3) is 10.9 Å². The van der Waals surface area contributed by atoms with Gasteiger partial charge in [-0.2, -0.15) is 4.98 Å². The van der Waals surface area contributed by atoms with E-state index in [1.165, 1.54) is 0 Å². The molecule has 2 aromatic carbocycles. The highest BCUT2D eigenvalue weighted by Gasteiger charge is 2.18. The fraction of sp³-hybridized carbons (Fsp3) is 0.300. The van der Waals surface area contributed by atoms with Crippen LogP contribution in [-0.2, 0) is 0 Å². The molecule has 0 saturated carbocycles. The standard InChI is InChI=1S/C20H23N5O2/c1-26-14-7-8-17(18(13-14)27-2)22-19-15-5-3-4-6-16(15)23-20(24-19)25-11-9-21-10-12-25/h3-8,13,21H,9-12H2,1-2H3,(H,22,23,24)/p+1. The lowest BCUT2D eigenvalue weighted by atomic mass is 10.2. The minimum atomic E-state index is 0.700. The van der Waals surface area contributed by atoms with Crippen molar-refractivity contribution in [2.24, 2.45) is 0 Å². The summed E-state index contributed by atoms with van der Waals surface area (Å²) in [4.78, 5) is 11.9. The van der Waals surface area contributed by atoms with Crippen LogP contribution in [0.3, 0.4) is 0 Å². The van der Waals surface area contributed by atoms with Gasteiger partial charge in [-0.05, 0) is 24.3 Å². The number of rotatable bonds is 5. The Kier molecular flexibility index (Phi) is 4.93. The lowest BCUT2D eigenvalue weighted by Gasteiger charge is -2.26. The van der Waals surface area contributed by atoms with Crippen LogP contribution in [0.1, 0.15) is 0 Å². The molecule has 3 N–H and O–H groups in total. The number of nitrogens with zero attached hydrogens (tertiary/aromatic N) is 3. The van der Waals surface area contributed by atoms with E-state index in [1.54, 1.807) is 14.2 Å². The van der Waals surface area contributed by atoms with Crippen molar-refractivity contribution < 1.29 is 14.8 Å². The summed E-state index contributed by atoms with van der Waals surface area (Å²) in [5.41, 5.74) is 1.76. The van der Waals surface area contributed by atoms with Gasteiger partial charge in [-0.1, -0.05) is 12.1 Å². The maximum atomic E-state index is 5.52. The second-order valence-corrected chi connectivity index (χ2v) is 6.43. The molecular formula is C20H24N5O2+. The molecule has 140 valence electrons. The number of nitrogens with two attached hydrogens (primary N) is 1. The summed E-state index contributed by atoms with van der Waals surface area (Å²) >= 11 is 0. The van der Waals surface area contributed by atoms with Crippen molar-refractivity contribution in [3.8, 4) is 11.5 Å². The molecule has 0 radical (unpaired) electrons. The number of benzene rings is 2. The molecule has 7 nitrogen and oxygen atoms in total. The third-order valence-electron chi connectivity index (χ3n) is 4.74. The van der Waals surface area contributed by atoms with Crippen LogP contribution in [0.15, 0.2) is 42.5 Å². The molecule has 0 amide bonds. The van der Waals surface area contributed by atoms with E-state index in [0.717, 1.165) is 60.3 Å². The molecule has 0 spiro atoms. The SMILES string of the molecule is COc1ccc(Nc2nc(N3CC[NH2+]CC3)nc3ccccc23)c(OC)c1. The summed E-state index contributed by atoms with van der Waals surface area (Å²) in [6.45, 7) is 4.02. The Morgan fingerprint density at radius 3 is 2.59 bits per heavy atom. The van der Waals surface area contributed by atoms with Crippen LogP contribution in [0, 0.1) is 0 Å². The molecule has 0 unspecified atom stereocenters. The van der Waals surface area contributed by atoms with Crippen LogP contribution in [0.4, 0.5) is 17.5 Å². The first kappa shape index (κ1) is 17.4. The largest absolute Gasteiger partial charge is 0.497 e. The monoisotopic (exact) mass is 366 g/mol. The van der Waals surface area contributed by atoms with Gasteiger partial charge in [0.15, 0.2) is 0 Å². The number of fused-ring (bicyclic) bond motifs is 1. The average Bonchev–Trinajstić information content (AvgIpc) is 2.74. The topological polar surface area (TPSA) is 76.1 Å². The highest BCUT2D eigenvalue weighted by Crippen LogP contribution is 2.33. The summed E-state index contributed by atoms with van der Waals surface area (Å²) in [6.07, 6.45) is 0. The zero-order valence-corrected chi connectivity index (χ0v) is 15.6. The highest BCUT2D eigenvalue weighted by atomic mass is 16.5. The van der Waals surface area contributed by atoms with Gasteiger partial charge in [0.2, 0.25) is 5.95 Å². The first-order valence-corrected chi connectivity index (χ1v) is 9.11. The van der Waals surface area contributed by atoms with E-state index in [0.29, 0.717) is 5.75 Å². The fourth-order valence-corrected chi connectivity index (χ4v) is 3.28. The number of aromatic nitrogens is 2. The summed E-state index contributed by atoms with van der Waals surface area (Å²) in [6, 6.07) is 13.7. The maximum Gasteiger partial charge on any atom is 0.228 e. The molecule has 2 heterocycles. The van der Waals surface area contributed by atoms with Crippen LogP contribution < -0.4 is 25.0 Å². The number of hydrogen-bond acceptors (Lipinski definition) is 6. The number of anilines is 3. The number of piperazine rings is 1. The lowest BCUT2D eigenvalue weighted by Crippen LogP contribution is -2.89. The number of quaternary nitrogens is 1. The van der Waals surface area contributed by atoms with Crippen LogP contribution in [0.5, 0.6) is 11.5 Å². The van der Waals surface area contributed by atoms with Crippen molar-refractivity contribution in [3.63, 3.8) is 0 Å². The molecule has 1 fully saturated rings. The van der Waals surface area contributed by atoms with Crippen molar-refractivity contribution in [1.82, 2.24) is 9.97 Å². The molecule has 0 atom stereocenters. The molecule has 1 aliphatic rings. The van der Waals surface area contributed by atoms with Gasteiger partial charge in [-0.25, -0.2) is 4.98 Å². The second-order valence-electron chi connectivity index (χ2n) is 6.43. The lowest BCUT2D eigenvalue weighted by molar-refractivity contribution is -0.655. The summed E-state index contributed by atoms with van der Waals surface area (Å²) < 4.78 is 10.8. The van der Waals surface area contributed by atoms with Gasteiger partial charge in [-0.3, -0.25) is 0 Å². The van der Waals surface area contributed by atoms with Crippen LogP contribution in [0.2, 0.25) is 0 Å². The van der Waals surface area contributed by atoms with Crippen molar-refractivity contribution in [1.29, 1.82) is 0 Å². The van der Waals surface area contributed by atoms with Gasteiger partial charge < -0.3 is 25.0 Å². The van der Waals surface area contributed by atoms with E-state index in [9.17, 15) is 0 Å². The molecule has 7 heteroatoms. The predicted octanol–water partition coefficient (Wildman–Crippen LogP) is 1.77. The Bertz CT molecular complexity index is 941. The van der Waals surface area contributed by atoms with Crippen molar-refractivity contribution >= 4 is 28.4 Å². The van der Waals surface area contributed by atoms with E-state index in [1.807, 2.05) is 42.5 Å². The molecular weight excluding hydrogens is 342 g/mol. The Morgan fingerprint density at radius 2 is 1.81 bits per heavy atom. The van der Waals surface area contributed by atoms with Crippen molar-refractivity contribution in [2.45, 2.75) is 0 Å². The number of nitrogens with one attached hydrogen (secondary N) is 1. The predicted molar refractivity (Wildman–Crippen MR) is 106 cm³/mol. The first-order valence-electron chi connectivity index (χ1n) is 9.11. The molecule has 1 aromatic heterocycles. The van der Waals surface area contributed by atoms with Gasteiger partial charge in [0.25, 0.3) is 0 Å². The number of para-hydroxylation sites is 1. The third kappa shape index (κ3) is 3.59. The summed E-state index contributed by atoms with van der Waals surface area (Å²) in [5.74, 6) is 2.98. The molecule has 0 aliphatic carbocycles. The van der Waals surface area contributed by atoms with E-state index in [2.05, 4.69) is 15.5 Å². The van der Waals surface area contributed by atoms with Crippen molar-refractivity contribution in [2.75, 3.05) is 50.6 Å². The van der Waals surface area contributed by atoms with Gasteiger partial charge in [0.1, 0.15) is 17.3 Å². The Labute approximate surface area is 158 Å². The Morgan fingerprint density at radius 1 is 1.00 bits per heavy atom. The summed E-state index contributed by atoms with van der Waals surface area (Å²) in [7, 11) is 3.29. The maximum absolute atomic E-state index is 5.52. The molecule has 0 bridgehead atoms. The van der Waals surface area contributed by atoms with E-state index < -0.39 is 0 Å². The molecule has 3 aromatic rings. The Hall–Kier alpha value is -3.06. The molecule has 1 aliphatic heterocycles. The van der Waals surface area contributed by atoms with Gasteiger partial charge >= 0.3 is 0 Å². The fourth-order valence-electron chi connectivity index (χ4n) is 3.28. The van der Waals surface area contributed by atoms with Crippen LogP contribution in [-0.4, -0.2) is 50.4 Å². The molecule has 27 heavy (non-hydrogen) atoms. The van der Waals surface area contributed by atoms with Crippen LogP contribution >= 0.6 is 0 Å². The molecule has 4 rings (SSSR count). The van der Waals surface area contributed by atoms with E-state index in [-0.39, 0.29) is 0 Å². The minimum absolute atomic E-state index is 0.700. The van der Waals surface area contributed by atoms with Gasteiger partial charge in [0, 0.05) is 11.5 Å². The summed E-state index contributed by atoms with van der Waals surface area (Å²) in [5, 5.41) is 6.72. The number of hydrogen-bond donors (Lipinski definition) is 2. The number of ether oxygens (including phenoxy) is 2. The average molecular weight is 366 g/mol. The Balaban J connectivity index is 1.76. The zero-order valence-electron chi connectivity index (χ0n) is 15.6. The smallest absolute Gasteiger partial charge is 0.228 e.